The van der Waals surface area contributed by atoms with Gasteiger partial charge in [0.15, 0.2) is 0 Å². The maximum atomic E-state index is 11.5. The zero-order chi connectivity index (χ0) is 14.4. The predicted octanol–water partition coefficient (Wildman–Crippen LogP) is 1.50. The third-order valence-electron chi connectivity index (χ3n) is 3.88. The molecule has 0 radical (unpaired) electrons. The van der Waals surface area contributed by atoms with Crippen molar-refractivity contribution in [2.45, 2.75) is 6.42 Å². The predicted molar refractivity (Wildman–Crippen MR) is 90.5 cm³/mol. The molecular weight excluding hydrogens is 266 g/mol. The van der Waals surface area contributed by atoms with Crippen LogP contribution in [0, 0.1) is 0 Å². The fourth-order valence-corrected chi connectivity index (χ4v) is 5.99. The molecule has 0 heterocycles. The molecule has 0 aromatic heterocycles. The fourth-order valence-electron chi connectivity index (χ4n) is 2.52. The molecular formula is C16H20BO2P. The minimum absolute atomic E-state index is 0.129. The second-order valence-electron chi connectivity index (χ2n) is 5.14. The number of esters is 1. The van der Waals surface area contributed by atoms with Gasteiger partial charge < -0.3 is 0 Å². The number of hydrogen-bond donors (Lipinski definition) is 0. The number of methoxy groups -OCH3 is 1. The van der Waals surface area contributed by atoms with Gasteiger partial charge in [0.05, 0.1) is 0 Å². The summed E-state index contributed by atoms with van der Waals surface area (Å²) in [6, 6.07) is 21.1. The van der Waals surface area contributed by atoms with Crippen molar-refractivity contribution >= 4 is 31.3 Å². The van der Waals surface area contributed by atoms with E-state index in [2.05, 4.69) is 56.1 Å². The van der Waals surface area contributed by atoms with Crippen LogP contribution in [0.1, 0.15) is 6.42 Å². The molecule has 0 unspecified atom stereocenters. The van der Waals surface area contributed by atoms with Gasteiger partial charge in [0.2, 0.25) is 0 Å². The second kappa shape index (κ2) is 6.72. The molecule has 0 atom stereocenters. The summed E-state index contributed by atoms with van der Waals surface area (Å²) in [5.41, 5.74) is 0. The van der Waals surface area contributed by atoms with Gasteiger partial charge in [-0.2, -0.15) is 0 Å². The Balaban J connectivity index is 2.36. The monoisotopic (exact) mass is 286 g/mol. The number of benzene rings is 2. The van der Waals surface area contributed by atoms with Gasteiger partial charge in [-0.15, -0.1) is 0 Å². The minimum atomic E-state index is -1.88. The molecule has 0 fully saturated rings. The first-order valence-electron chi connectivity index (χ1n) is 6.84. The van der Waals surface area contributed by atoms with E-state index in [9.17, 15) is 4.79 Å². The summed E-state index contributed by atoms with van der Waals surface area (Å²) in [5, 5.41) is 2.71. The summed E-state index contributed by atoms with van der Waals surface area (Å²) < 4.78 is 4.80. The van der Waals surface area contributed by atoms with Crippen molar-refractivity contribution in [1.29, 1.82) is 0 Å². The standard InChI is InChI=1S/C16H20BO2P/c1-19-16(18)12-13-20(17,14-8-4-2-5-9-14)15-10-6-3-7-11-15/h2-11,20H,12-13,17H2,1H3. The molecule has 2 aromatic carbocycles. The van der Waals surface area contributed by atoms with Crippen LogP contribution in [0.4, 0.5) is 0 Å². The van der Waals surface area contributed by atoms with E-state index in [1.54, 1.807) is 0 Å². The van der Waals surface area contributed by atoms with E-state index >= 15 is 0 Å². The van der Waals surface area contributed by atoms with E-state index in [1.807, 2.05) is 12.1 Å². The first kappa shape index (κ1) is 14.8. The number of ether oxygens (including phenoxy) is 1. The zero-order valence-electron chi connectivity index (χ0n) is 12.0. The van der Waals surface area contributed by atoms with Crippen molar-refractivity contribution in [3.8, 4) is 0 Å². The molecule has 2 rings (SSSR count). The van der Waals surface area contributed by atoms with Crippen molar-refractivity contribution in [1.82, 2.24) is 0 Å². The summed E-state index contributed by atoms with van der Waals surface area (Å²) in [6.45, 7) is 0. The van der Waals surface area contributed by atoms with Crippen LogP contribution in [-0.4, -0.2) is 26.8 Å². The molecule has 0 N–H and O–H groups in total. The van der Waals surface area contributed by atoms with Crippen molar-refractivity contribution in [3.05, 3.63) is 60.7 Å². The Morgan fingerprint density at radius 1 is 1.00 bits per heavy atom. The first-order valence-corrected chi connectivity index (χ1v) is 9.55. The van der Waals surface area contributed by atoms with E-state index in [1.165, 1.54) is 17.7 Å². The van der Waals surface area contributed by atoms with Gasteiger partial charge >= 0.3 is 121 Å². The molecule has 0 aliphatic rings. The molecule has 2 aromatic rings. The van der Waals surface area contributed by atoms with E-state index in [0.29, 0.717) is 6.42 Å². The Hall–Kier alpha value is -1.60. The average molecular weight is 286 g/mol. The molecule has 0 aliphatic carbocycles. The van der Waals surface area contributed by atoms with Gasteiger partial charge in [-0.25, -0.2) is 0 Å². The number of rotatable bonds is 5. The summed E-state index contributed by atoms with van der Waals surface area (Å²) >= 11 is 0. The third-order valence-corrected chi connectivity index (χ3v) is 8.34. The second-order valence-corrected chi connectivity index (χ2v) is 9.46. The molecule has 0 saturated carbocycles. The Morgan fingerprint density at radius 2 is 1.45 bits per heavy atom. The molecule has 0 amide bonds. The normalized spacial score (nSPS) is 11.8. The molecule has 104 valence electrons. The zero-order valence-corrected chi connectivity index (χ0v) is 13.0. The van der Waals surface area contributed by atoms with Crippen LogP contribution >= 0.6 is 7.14 Å². The number of carbonyl (C=O) groups is 1. The number of carbonyl (C=O) groups excluding carboxylic acids is 1. The Bertz CT molecular complexity index is 518. The third kappa shape index (κ3) is 3.29. The Kier molecular flexibility index (Phi) is 4.97. The van der Waals surface area contributed by atoms with Gasteiger partial charge in [0, 0.05) is 0 Å². The molecule has 4 heteroatoms. The van der Waals surface area contributed by atoms with Gasteiger partial charge in [0.1, 0.15) is 0 Å². The van der Waals surface area contributed by atoms with Crippen molar-refractivity contribution < 1.29 is 9.53 Å². The van der Waals surface area contributed by atoms with Crippen molar-refractivity contribution in [2.24, 2.45) is 0 Å². The van der Waals surface area contributed by atoms with Gasteiger partial charge in [-0.05, 0) is 0 Å². The molecule has 0 aliphatic heterocycles. The van der Waals surface area contributed by atoms with Crippen molar-refractivity contribution in [2.75, 3.05) is 13.3 Å². The average Bonchev–Trinajstić information content (AvgIpc) is 2.54. The van der Waals surface area contributed by atoms with Crippen LogP contribution in [0.2, 0.25) is 0 Å². The molecule has 0 spiro atoms. The summed E-state index contributed by atoms with van der Waals surface area (Å²) in [5.74, 6) is -0.129. The van der Waals surface area contributed by atoms with Crippen LogP contribution in [0.3, 0.4) is 0 Å². The fraction of sp³-hybridized carbons (Fsp3) is 0.188. The topological polar surface area (TPSA) is 26.3 Å². The summed E-state index contributed by atoms with van der Waals surface area (Å²) in [7, 11) is 1.89. The van der Waals surface area contributed by atoms with Crippen LogP contribution in [0.15, 0.2) is 60.7 Å². The maximum absolute atomic E-state index is 11.5. The Morgan fingerprint density at radius 3 is 1.85 bits per heavy atom. The first-order chi connectivity index (χ1) is 9.66. The molecule has 20 heavy (non-hydrogen) atoms. The molecule has 2 nitrogen and oxygen atoms in total. The summed E-state index contributed by atoms with van der Waals surface area (Å²) in [4.78, 5) is 11.5. The van der Waals surface area contributed by atoms with Crippen LogP contribution in [-0.2, 0) is 9.53 Å². The van der Waals surface area contributed by atoms with Crippen LogP contribution < -0.4 is 10.6 Å². The number of hydrogen-bond acceptors (Lipinski definition) is 2. The van der Waals surface area contributed by atoms with Crippen molar-refractivity contribution in [3.63, 3.8) is 0 Å². The van der Waals surface area contributed by atoms with Gasteiger partial charge in [-0.1, -0.05) is 0 Å². The molecule has 0 bridgehead atoms. The van der Waals surface area contributed by atoms with E-state index in [4.69, 9.17) is 4.74 Å². The SMILES string of the molecule is B[PH](CCC(=O)OC)(c1ccccc1)c1ccccc1. The van der Waals surface area contributed by atoms with E-state index < -0.39 is 7.14 Å². The summed E-state index contributed by atoms with van der Waals surface area (Å²) in [6.07, 6.45) is 1.34. The Labute approximate surface area is 121 Å². The van der Waals surface area contributed by atoms with E-state index in [0.717, 1.165) is 6.16 Å². The van der Waals surface area contributed by atoms with Gasteiger partial charge in [-0.3, -0.25) is 0 Å². The van der Waals surface area contributed by atoms with E-state index in [-0.39, 0.29) is 5.97 Å². The quantitative estimate of drug-likeness (QED) is 0.473. The van der Waals surface area contributed by atoms with Gasteiger partial charge in [0.25, 0.3) is 0 Å². The van der Waals surface area contributed by atoms with Crippen LogP contribution in [0.5, 0.6) is 0 Å². The molecule has 0 saturated heterocycles. The van der Waals surface area contributed by atoms with Crippen LogP contribution in [0.25, 0.3) is 0 Å².